The van der Waals surface area contributed by atoms with E-state index in [-0.39, 0.29) is 5.91 Å². The van der Waals surface area contributed by atoms with E-state index in [0.29, 0.717) is 18.9 Å². The minimum Gasteiger partial charge on any atom is -0.356 e. The van der Waals surface area contributed by atoms with Crippen LogP contribution in [0.3, 0.4) is 0 Å². The molecule has 0 saturated carbocycles. The van der Waals surface area contributed by atoms with E-state index in [9.17, 15) is 4.79 Å². The number of amides is 1. The first kappa shape index (κ1) is 13.9. The number of hydrogen-bond acceptors (Lipinski definition) is 2. The topological polar surface area (TPSA) is 57.8 Å². The van der Waals surface area contributed by atoms with Crippen LogP contribution in [-0.4, -0.2) is 22.4 Å². The minimum atomic E-state index is 0.163. The van der Waals surface area contributed by atoms with Crippen molar-refractivity contribution in [2.45, 2.75) is 32.1 Å². The van der Waals surface area contributed by atoms with E-state index >= 15 is 0 Å². The van der Waals surface area contributed by atoms with Crippen LogP contribution in [0.15, 0.2) is 36.4 Å². The Hall–Kier alpha value is -2.10. The number of fused-ring (bicyclic) bond motifs is 1. The van der Waals surface area contributed by atoms with Gasteiger partial charge in [-0.1, -0.05) is 24.3 Å². The Morgan fingerprint density at radius 3 is 3.10 bits per heavy atom. The summed E-state index contributed by atoms with van der Waals surface area (Å²) in [7, 11) is 0. The number of para-hydroxylation sites is 2. The smallest absolute Gasteiger partial charge is 0.220 e. The van der Waals surface area contributed by atoms with Gasteiger partial charge in [0, 0.05) is 19.4 Å². The van der Waals surface area contributed by atoms with Gasteiger partial charge in [0.2, 0.25) is 5.91 Å². The van der Waals surface area contributed by atoms with Gasteiger partial charge in [0.15, 0.2) is 0 Å². The molecule has 2 aromatic rings. The fraction of sp³-hybridized carbons (Fsp3) is 0.412. The van der Waals surface area contributed by atoms with Gasteiger partial charge in [-0.25, -0.2) is 4.98 Å². The van der Waals surface area contributed by atoms with Crippen LogP contribution in [0.4, 0.5) is 0 Å². The van der Waals surface area contributed by atoms with Gasteiger partial charge < -0.3 is 10.3 Å². The summed E-state index contributed by atoms with van der Waals surface area (Å²) >= 11 is 0. The molecule has 1 aliphatic carbocycles. The highest BCUT2D eigenvalue weighted by Crippen LogP contribution is 2.19. The lowest BCUT2D eigenvalue weighted by Gasteiger charge is -2.08. The minimum absolute atomic E-state index is 0.163. The van der Waals surface area contributed by atoms with Crippen LogP contribution in [-0.2, 0) is 11.2 Å². The fourth-order valence-corrected chi connectivity index (χ4v) is 2.78. The van der Waals surface area contributed by atoms with E-state index in [0.717, 1.165) is 42.5 Å². The molecule has 0 radical (unpaired) electrons. The Balaban J connectivity index is 1.39. The van der Waals surface area contributed by atoms with E-state index < -0.39 is 0 Å². The van der Waals surface area contributed by atoms with E-state index in [2.05, 4.69) is 27.4 Å². The monoisotopic (exact) mass is 283 g/mol. The van der Waals surface area contributed by atoms with Gasteiger partial charge in [-0.2, -0.15) is 0 Å². The van der Waals surface area contributed by atoms with Crippen molar-refractivity contribution >= 4 is 16.9 Å². The third-order valence-electron chi connectivity index (χ3n) is 3.91. The molecular formula is C17H21N3O. The number of carbonyl (C=O) groups excluding carboxylic acids is 1. The Kier molecular flexibility index (Phi) is 4.34. The van der Waals surface area contributed by atoms with Crippen molar-refractivity contribution in [2.75, 3.05) is 6.54 Å². The summed E-state index contributed by atoms with van der Waals surface area (Å²) in [6.07, 6.45) is 8.95. The summed E-state index contributed by atoms with van der Waals surface area (Å²) < 4.78 is 0. The maximum atomic E-state index is 11.8. The summed E-state index contributed by atoms with van der Waals surface area (Å²) in [5.74, 6) is 1.60. The molecule has 21 heavy (non-hydrogen) atoms. The largest absolute Gasteiger partial charge is 0.356 e. The molecule has 4 nitrogen and oxygen atoms in total. The normalized spacial score (nSPS) is 17.4. The molecule has 2 N–H and O–H groups in total. The van der Waals surface area contributed by atoms with Gasteiger partial charge in [-0.05, 0) is 37.3 Å². The molecule has 1 heterocycles. The Labute approximate surface area is 124 Å². The van der Waals surface area contributed by atoms with Crippen molar-refractivity contribution in [3.63, 3.8) is 0 Å². The fourth-order valence-electron chi connectivity index (χ4n) is 2.78. The number of nitrogens with zero attached hydrogens (tertiary/aromatic N) is 1. The second-order valence-corrected chi connectivity index (χ2v) is 5.62. The van der Waals surface area contributed by atoms with Crippen LogP contribution in [0.2, 0.25) is 0 Å². The molecule has 1 aromatic carbocycles. The number of rotatable bonds is 6. The quantitative estimate of drug-likeness (QED) is 0.632. The van der Waals surface area contributed by atoms with E-state index in [4.69, 9.17) is 0 Å². The van der Waals surface area contributed by atoms with E-state index in [1.807, 2.05) is 24.3 Å². The molecule has 1 amide bonds. The van der Waals surface area contributed by atoms with Crippen molar-refractivity contribution in [1.29, 1.82) is 0 Å². The second-order valence-electron chi connectivity index (χ2n) is 5.62. The predicted molar refractivity (Wildman–Crippen MR) is 83.9 cm³/mol. The zero-order valence-corrected chi connectivity index (χ0v) is 12.1. The number of hydrogen-bond donors (Lipinski definition) is 2. The highest BCUT2D eigenvalue weighted by atomic mass is 16.1. The van der Waals surface area contributed by atoms with Gasteiger partial charge in [-0.15, -0.1) is 0 Å². The van der Waals surface area contributed by atoms with E-state index in [1.54, 1.807) is 0 Å². The number of imidazole rings is 1. The van der Waals surface area contributed by atoms with Crippen molar-refractivity contribution < 1.29 is 4.79 Å². The molecule has 110 valence electrons. The first-order chi connectivity index (χ1) is 10.3. The average Bonchev–Trinajstić information content (AvgIpc) is 3.12. The highest BCUT2D eigenvalue weighted by molar-refractivity contribution is 5.76. The van der Waals surface area contributed by atoms with Gasteiger partial charge in [0.25, 0.3) is 0 Å². The van der Waals surface area contributed by atoms with Gasteiger partial charge in [-0.3, -0.25) is 4.79 Å². The first-order valence-electron chi connectivity index (χ1n) is 7.68. The standard InChI is InChI=1S/C17H21N3O/c21-17(12-13-6-1-2-7-13)18-11-5-10-16-19-14-8-3-4-9-15(14)20-16/h1,3-4,6,8-9,13H,2,5,7,10-12H2,(H,18,21)(H,19,20)/t13-/m1/s1. The van der Waals surface area contributed by atoms with Crippen LogP contribution < -0.4 is 5.32 Å². The molecule has 0 fully saturated rings. The molecule has 1 aliphatic rings. The van der Waals surface area contributed by atoms with Crippen LogP contribution >= 0.6 is 0 Å². The maximum absolute atomic E-state index is 11.8. The molecule has 4 heteroatoms. The number of benzene rings is 1. The first-order valence-corrected chi connectivity index (χ1v) is 7.68. The molecular weight excluding hydrogens is 262 g/mol. The summed E-state index contributed by atoms with van der Waals surface area (Å²) in [6.45, 7) is 0.715. The lowest BCUT2D eigenvalue weighted by Crippen LogP contribution is -2.26. The van der Waals surface area contributed by atoms with Crippen LogP contribution in [0.25, 0.3) is 11.0 Å². The number of nitrogens with one attached hydrogen (secondary N) is 2. The highest BCUT2D eigenvalue weighted by Gasteiger charge is 2.13. The molecule has 0 unspecified atom stereocenters. The molecule has 3 rings (SSSR count). The van der Waals surface area contributed by atoms with Gasteiger partial charge in [0.05, 0.1) is 11.0 Å². The number of H-pyrrole nitrogens is 1. The summed E-state index contributed by atoms with van der Waals surface area (Å²) in [5.41, 5.74) is 2.08. The molecule has 0 spiro atoms. The number of aryl methyl sites for hydroxylation is 1. The summed E-state index contributed by atoms with van der Waals surface area (Å²) in [4.78, 5) is 19.6. The van der Waals surface area contributed by atoms with Crippen molar-refractivity contribution in [1.82, 2.24) is 15.3 Å². The number of allylic oxidation sites excluding steroid dienone is 2. The Morgan fingerprint density at radius 2 is 2.29 bits per heavy atom. The van der Waals surface area contributed by atoms with E-state index in [1.165, 1.54) is 0 Å². The van der Waals surface area contributed by atoms with Gasteiger partial charge in [0.1, 0.15) is 5.82 Å². The van der Waals surface area contributed by atoms with Crippen LogP contribution in [0.1, 0.15) is 31.5 Å². The van der Waals surface area contributed by atoms with Crippen molar-refractivity contribution in [3.05, 3.63) is 42.2 Å². The molecule has 1 atom stereocenters. The maximum Gasteiger partial charge on any atom is 0.220 e. The molecule has 1 aromatic heterocycles. The van der Waals surface area contributed by atoms with Crippen molar-refractivity contribution in [3.8, 4) is 0 Å². The van der Waals surface area contributed by atoms with Gasteiger partial charge >= 0.3 is 0 Å². The Bertz CT molecular complexity index is 611. The SMILES string of the molecule is O=C(C[C@@H]1C=CCC1)NCCCc1nc2ccccc2[nH]1. The van der Waals surface area contributed by atoms with Crippen molar-refractivity contribution in [2.24, 2.45) is 5.92 Å². The lowest BCUT2D eigenvalue weighted by molar-refractivity contribution is -0.121. The zero-order valence-electron chi connectivity index (χ0n) is 12.1. The number of carbonyl (C=O) groups is 1. The van der Waals surface area contributed by atoms with Crippen LogP contribution in [0, 0.1) is 5.92 Å². The molecule has 0 bridgehead atoms. The molecule has 0 aliphatic heterocycles. The third kappa shape index (κ3) is 3.72. The zero-order chi connectivity index (χ0) is 14.5. The summed E-state index contributed by atoms with van der Waals surface area (Å²) in [5, 5.41) is 3.00. The average molecular weight is 283 g/mol. The third-order valence-corrected chi connectivity index (χ3v) is 3.91. The summed E-state index contributed by atoms with van der Waals surface area (Å²) in [6, 6.07) is 8.03. The number of aromatic amines is 1. The lowest BCUT2D eigenvalue weighted by atomic mass is 10.1. The molecule has 0 saturated heterocycles. The second kappa shape index (κ2) is 6.57. The number of aromatic nitrogens is 2. The van der Waals surface area contributed by atoms with Crippen LogP contribution in [0.5, 0.6) is 0 Å². The predicted octanol–water partition coefficient (Wildman–Crippen LogP) is 2.97. The Morgan fingerprint density at radius 1 is 1.38 bits per heavy atom.